The summed E-state index contributed by atoms with van der Waals surface area (Å²) in [5.74, 6) is -2.94. The van der Waals surface area contributed by atoms with E-state index in [0.29, 0.717) is 0 Å². The first-order chi connectivity index (χ1) is 12.5. The molecule has 0 aliphatic carbocycles. The number of hydrogen-bond acceptors (Lipinski definition) is 6. The van der Waals surface area contributed by atoms with Gasteiger partial charge in [0, 0.05) is 17.4 Å². The minimum absolute atomic E-state index is 0.173. The quantitative estimate of drug-likeness (QED) is 0.364. The number of carbonyl (C=O) groups excluding carboxylic acids is 2. The maximum atomic E-state index is 12.9. The molecule has 1 aromatic heterocycles. The van der Waals surface area contributed by atoms with E-state index in [4.69, 9.17) is 9.15 Å². The number of nitro groups is 1. The molecular formula is C18H18N2O6. The van der Waals surface area contributed by atoms with E-state index in [1.807, 2.05) is 6.07 Å². The Bertz CT molecular complexity index is 804. The number of esters is 1. The van der Waals surface area contributed by atoms with Gasteiger partial charge in [0.15, 0.2) is 5.41 Å². The van der Waals surface area contributed by atoms with Crippen LogP contribution in [0.4, 0.5) is 0 Å². The van der Waals surface area contributed by atoms with E-state index in [9.17, 15) is 19.7 Å². The molecule has 3 rings (SSSR count). The maximum Gasteiger partial charge on any atom is 0.323 e. The van der Waals surface area contributed by atoms with Crippen LogP contribution in [0, 0.1) is 15.5 Å². The predicted octanol–water partition coefficient (Wildman–Crippen LogP) is 1.71. The molecule has 136 valence electrons. The van der Waals surface area contributed by atoms with E-state index in [-0.39, 0.29) is 12.3 Å². The molecule has 3 atom stereocenters. The van der Waals surface area contributed by atoms with Crippen LogP contribution in [0.1, 0.15) is 23.2 Å². The first kappa shape index (κ1) is 17.7. The summed E-state index contributed by atoms with van der Waals surface area (Å²) in [4.78, 5) is 36.6. The van der Waals surface area contributed by atoms with Crippen molar-refractivity contribution in [2.75, 3.05) is 20.2 Å². The summed E-state index contributed by atoms with van der Waals surface area (Å²) in [6, 6.07) is 12.1. The van der Waals surface area contributed by atoms with Crippen LogP contribution >= 0.6 is 0 Å². The van der Waals surface area contributed by atoms with Crippen molar-refractivity contribution in [3.63, 3.8) is 0 Å². The lowest BCUT2D eigenvalue weighted by atomic mass is 9.64. The van der Waals surface area contributed by atoms with Crippen molar-refractivity contribution in [2.45, 2.75) is 11.8 Å². The summed E-state index contributed by atoms with van der Waals surface area (Å²) >= 11 is 0. The van der Waals surface area contributed by atoms with Crippen LogP contribution in [-0.4, -0.2) is 37.0 Å². The highest BCUT2D eigenvalue weighted by molar-refractivity contribution is 6.06. The fourth-order valence-electron chi connectivity index (χ4n) is 3.77. The fraction of sp³-hybridized carbons (Fsp3) is 0.333. The zero-order chi connectivity index (χ0) is 18.7. The number of rotatable bonds is 6. The highest BCUT2D eigenvalue weighted by atomic mass is 16.6. The summed E-state index contributed by atoms with van der Waals surface area (Å²) in [6.45, 7) is -0.466. The zero-order valence-electron chi connectivity index (χ0n) is 14.1. The number of carbonyl (C=O) groups is 2. The molecule has 1 aliphatic heterocycles. The van der Waals surface area contributed by atoms with Gasteiger partial charge in [-0.1, -0.05) is 30.3 Å². The number of methoxy groups -OCH3 is 1. The van der Waals surface area contributed by atoms with E-state index in [1.165, 1.54) is 19.4 Å². The molecule has 2 heterocycles. The molecular weight excluding hydrogens is 340 g/mol. The Balaban J connectivity index is 2.22. The number of nitrogens with one attached hydrogen (secondary N) is 1. The van der Waals surface area contributed by atoms with Gasteiger partial charge in [-0.3, -0.25) is 19.7 Å². The summed E-state index contributed by atoms with van der Waals surface area (Å²) in [5.41, 5.74) is -1.07. The molecule has 8 nitrogen and oxygen atoms in total. The lowest BCUT2D eigenvalue weighted by molar-refractivity contribution is -0.486. The minimum Gasteiger partial charge on any atom is -0.469 e. The first-order valence-corrected chi connectivity index (χ1v) is 8.08. The zero-order valence-corrected chi connectivity index (χ0v) is 14.1. The van der Waals surface area contributed by atoms with Gasteiger partial charge in [-0.05, 0) is 17.7 Å². The van der Waals surface area contributed by atoms with Gasteiger partial charge >= 0.3 is 5.97 Å². The SMILES string of the molecule is COC(=O)[C@]1([C@@H](C[N+](=O)[O-])c2ccco2)C(=O)NC[C@@H]1c1ccccc1. The number of amides is 1. The summed E-state index contributed by atoms with van der Waals surface area (Å²) < 4.78 is 10.3. The number of furan rings is 1. The minimum atomic E-state index is -1.79. The van der Waals surface area contributed by atoms with Gasteiger partial charge in [-0.15, -0.1) is 0 Å². The molecule has 0 saturated carbocycles. The number of hydrogen-bond donors (Lipinski definition) is 1. The van der Waals surface area contributed by atoms with Crippen molar-refractivity contribution in [1.29, 1.82) is 0 Å². The Morgan fingerprint density at radius 1 is 1.38 bits per heavy atom. The van der Waals surface area contributed by atoms with Crippen molar-refractivity contribution in [1.82, 2.24) is 5.32 Å². The topological polar surface area (TPSA) is 112 Å². The molecule has 0 unspecified atom stereocenters. The lowest BCUT2D eigenvalue weighted by Gasteiger charge is -2.34. The highest BCUT2D eigenvalue weighted by Crippen LogP contribution is 2.51. The summed E-state index contributed by atoms with van der Waals surface area (Å²) in [6.07, 6.45) is 1.36. The van der Waals surface area contributed by atoms with Crippen LogP contribution in [0.15, 0.2) is 53.1 Å². The molecule has 1 aliphatic rings. The molecule has 0 spiro atoms. The van der Waals surface area contributed by atoms with Gasteiger partial charge in [-0.25, -0.2) is 0 Å². The smallest absolute Gasteiger partial charge is 0.323 e. The first-order valence-electron chi connectivity index (χ1n) is 8.08. The molecule has 1 amide bonds. The van der Waals surface area contributed by atoms with Crippen LogP contribution in [0.5, 0.6) is 0 Å². The molecule has 1 N–H and O–H groups in total. The predicted molar refractivity (Wildman–Crippen MR) is 90.0 cm³/mol. The normalized spacial score (nSPS) is 23.3. The molecule has 1 aromatic carbocycles. The Hall–Kier alpha value is -3.16. The monoisotopic (exact) mass is 358 g/mol. The van der Waals surface area contributed by atoms with E-state index in [1.54, 1.807) is 30.3 Å². The third kappa shape index (κ3) is 2.73. The average molecular weight is 358 g/mol. The van der Waals surface area contributed by atoms with Crippen molar-refractivity contribution in [3.8, 4) is 0 Å². The molecule has 1 saturated heterocycles. The molecule has 26 heavy (non-hydrogen) atoms. The molecule has 0 radical (unpaired) electrons. The van der Waals surface area contributed by atoms with E-state index >= 15 is 0 Å². The van der Waals surface area contributed by atoms with Crippen molar-refractivity contribution >= 4 is 11.9 Å². The number of ether oxygens (including phenoxy) is 1. The van der Waals surface area contributed by atoms with Gasteiger partial charge in [0.05, 0.1) is 13.4 Å². The Kier molecular flexibility index (Phi) is 4.75. The third-order valence-corrected chi connectivity index (χ3v) is 4.89. The number of nitrogens with zero attached hydrogens (tertiary/aromatic N) is 1. The van der Waals surface area contributed by atoms with Crippen LogP contribution < -0.4 is 5.32 Å². The Morgan fingerprint density at radius 2 is 2.12 bits per heavy atom. The standard InChI is InChI=1S/C18H18N2O6/c1-25-17(22)18(14(11-20(23)24)15-8-5-9-26-15)13(10-19-16(18)21)12-6-3-2-4-7-12/h2-9,13-14H,10-11H2,1H3,(H,19,21)/t13-,14+,18-/m1/s1. The summed E-state index contributed by atoms with van der Waals surface area (Å²) in [7, 11) is 1.17. The molecule has 0 bridgehead atoms. The van der Waals surface area contributed by atoms with Gasteiger partial charge < -0.3 is 14.5 Å². The van der Waals surface area contributed by atoms with E-state index in [2.05, 4.69) is 5.32 Å². The van der Waals surface area contributed by atoms with Gasteiger partial charge in [0.25, 0.3) is 0 Å². The van der Waals surface area contributed by atoms with Gasteiger partial charge in [-0.2, -0.15) is 0 Å². The number of benzene rings is 1. The third-order valence-electron chi connectivity index (χ3n) is 4.89. The average Bonchev–Trinajstić information content (AvgIpc) is 3.28. The highest BCUT2D eigenvalue weighted by Gasteiger charge is 2.64. The summed E-state index contributed by atoms with van der Waals surface area (Å²) in [5, 5.41) is 14.0. The van der Waals surface area contributed by atoms with Crippen molar-refractivity contribution in [2.24, 2.45) is 5.41 Å². The second kappa shape index (κ2) is 6.99. The second-order valence-electron chi connectivity index (χ2n) is 6.12. The Labute approximate surface area is 149 Å². The van der Waals surface area contributed by atoms with E-state index in [0.717, 1.165) is 5.56 Å². The lowest BCUT2D eigenvalue weighted by Crippen LogP contribution is -2.49. The van der Waals surface area contributed by atoms with Gasteiger partial charge in [0.1, 0.15) is 11.7 Å². The maximum absolute atomic E-state index is 12.9. The van der Waals surface area contributed by atoms with Gasteiger partial charge in [0.2, 0.25) is 12.5 Å². The molecule has 2 aromatic rings. The molecule has 1 fully saturated rings. The van der Waals surface area contributed by atoms with Crippen LogP contribution in [0.2, 0.25) is 0 Å². The largest absolute Gasteiger partial charge is 0.469 e. The Morgan fingerprint density at radius 3 is 2.69 bits per heavy atom. The van der Waals surface area contributed by atoms with E-state index < -0.39 is 40.6 Å². The van der Waals surface area contributed by atoms with Crippen molar-refractivity contribution < 1.29 is 23.7 Å². The van der Waals surface area contributed by atoms with Crippen LogP contribution in [0.3, 0.4) is 0 Å². The van der Waals surface area contributed by atoms with Crippen LogP contribution in [-0.2, 0) is 14.3 Å². The fourth-order valence-corrected chi connectivity index (χ4v) is 3.77. The molecule has 8 heteroatoms. The van der Waals surface area contributed by atoms with Crippen LogP contribution in [0.25, 0.3) is 0 Å². The second-order valence-corrected chi connectivity index (χ2v) is 6.12. The van der Waals surface area contributed by atoms with Crippen molar-refractivity contribution in [3.05, 3.63) is 70.2 Å².